The van der Waals surface area contributed by atoms with Crippen molar-refractivity contribution in [2.45, 2.75) is 19.1 Å². The zero-order chi connectivity index (χ0) is 15.4. The molecule has 22 heavy (non-hydrogen) atoms. The van der Waals surface area contributed by atoms with Gasteiger partial charge in [-0.05, 0) is 25.1 Å². The predicted molar refractivity (Wildman–Crippen MR) is 88.9 cm³/mol. The van der Waals surface area contributed by atoms with Gasteiger partial charge in [-0.1, -0.05) is 36.4 Å². The van der Waals surface area contributed by atoms with Crippen molar-refractivity contribution in [3.63, 3.8) is 0 Å². The average molecular weight is 297 g/mol. The predicted octanol–water partition coefficient (Wildman–Crippen LogP) is 1.94. The van der Waals surface area contributed by atoms with Gasteiger partial charge in [0.15, 0.2) is 0 Å². The summed E-state index contributed by atoms with van der Waals surface area (Å²) >= 11 is 0. The molecule has 4 heteroatoms. The van der Waals surface area contributed by atoms with E-state index in [2.05, 4.69) is 52.2 Å². The van der Waals surface area contributed by atoms with Crippen molar-refractivity contribution in [2.24, 2.45) is 0 Å². The lowest BCUT2D eigenvalue weighted by Crippen LogP contribution is -2.53. The first-order valence-electron chi connectivity index (χ1n) is 7.82. The Balaban J connectivity index is 1.86. The second-order valence-corrected chi connectivity index (χ2v) is 5.94. The van der Waals surface area contributed by atoms with E-state index in [0.29, 0.717) is 6.04 Å². The number of likely N-dealkylation sites (N-methyl/N-ethyl adjacent to an activating group) is 1. The summed E-state index contributed by atoms with van der Waals surface area (Å²) in [4.78, 5) is 9.26. The van der Waals surface area contributed by atoms with Gasteiger partial charge in [0.1, 0.15) is 5.82 Å². The summed E-state index contributed by atoms with van der Waals surface area (Å²) in [5.74, 6) is 0.930. The van der Waals surface area contributed by atoms with Crippen molar-refractivity contribution in [2.75, 3.05) is 31.6 Å². The molecule has 0 saturated carbocycles. The number of aromatic nitrogens is 1. The Morgan fingerprint density at radius 1 is 1.14 bits per heavy atom. The van der Waals surface area contributed by atoms with Crippen molar-refractivity contribution in [1.82, 2.24) is 9.88 Å². The Kier molecular flexibility index (Phi) is 4.71. The summed E-state index contributed by atoms with van der Waals surface area (Å²) in [6.07, 6.45) is 2.80. The fourth-order valence-corrected chi connectivity index (χ4v) is 3.16. The number of nitrogens with zero attached hydrogens (tertiary/aromatic N) is 3. The molecule has 1 saturated heterocycles. The first-order valence-corrected chi connectivity index (χ1v) is 7.82. The second-order valence-electron chi connectivity index (χ2n) is 5.94. The smallest absolute Gasteiger partial charge is 0.134 e. The molecule has 0 spiro atoms. The maximum Gasteiger partial charge on any atom is 0.134 e. The third kappa shape index (κ3) is 3.29. The topological polar surface area (TPSA) is 39.6 Å². The fraction of sp³-hybridized carbons (Fsp3) is 0.389. The van der Waals surface area contributed by atoms with E-state index >= 15 is 0 Å². The maximum atomic E-state index is 9.60. The van der Waals surface area contributed by atoms with E-state index in [9.17, 15) is 5.11 Å². The number of aliphatic hydroxyl groups excluding tert-OH is 1. The minimum atomic E-state index is 0.0353. The molecular formula is C18H23N3O. The Morgan fingerprint density at radius 3 is 2.73 bits per heavy atom. The molecule has 1 N–H and O–H groups in total. The summed E-state index contributed by atoms with van der Waals surface area (Å²) in [6.45, 7) is 3.01. The molecule has 4 nitrogen and oxygen atoms in total. The summed E-state index contributed by atoms with van der Waals surface area (Å²) in [6, 6.07) is 14.8. The van der Waals surface area contributed by atoms with Crippen LogP contribution in [0.4, 0.5) is 5.82 Å². The van der Waals surface area contributed by atoms with Gasteiger partial charge in [-0.15, -0.1) is 0 Å². The van der Waals surface area contributed by atoms with Crippen LogP contribution in [0, 0.1) is 0 Å². The molecule has 1 aromatic heterocycles. The number of pyridine rings is 1. The standard InChI is InChI=1S/C18H23N3O/c1-20-10-11-21(18-16(14-22)8-5-9-19-18)17(13-20)12-15-6-3-2-4-7-15/h2-9,17,22H,10-14H2,1H3. The number of piperazine rings is 1. The van der Waals surface area contributed by atoms with Crippen molar-refractivity contribution in [3.05, 3.63) is 59.8 Å². The average Bonchev–Trinajstić information content (AvgIpc) is 2.56. The molecule has 0 radical (unpaired) electrons. The lowest BCUT2D eigenvalue weighted by atomic mass is 10.0. The van der Waals surface area contributed by atoms with Crippen LogP contribution in [0.25, 0.3) is 0 Å². The zero-order valence-corrected chi connectivity index (χ0v) is 13.0. The van der Waals surface area contributed by atoms with Crippen LogP contribution in [0.1, 0.15) is 11.1 Å². The van der Waals surface area contributed by atoms with Gasteiger partial charge in [-0.25, -0.2) is 4.98 Å². The number of anilines is 1. The van der Waals surface area contributed by atoms with Gasteiger partial charge < -0.3 is 14.9 Å². The normalized spacial score (nSPS) is 19.4. The summed E-state index contributed by atoms with van der Waals surface area (Å²) in [5.41, 5.74) is 2.25. The molecule has 116 valence electrons. The van der Waals surface area contributed by atoms with Crippen LogP contribution in [0.2, 0.25) is 0 Å². The van der Waals surface area contributed by atoms with Gasteiger partial charge in [0.05, 0.1) is 6.61 Å². The number of benzene rings is 1. The van der Waals surface area contributed by atoms with Gasteiger partial charge in [-0.2, -0.15) is 0 Å². The van der Waals surface area contributed by atoms with Gasteiger partial charge in [-0.3, -0.25) is 0 Å². The van der Waals surface area contributed by atoms with Crippen LogP contribution in [-0.2, 0) is 13.0 Å². The van der Waals surface area contributed by atoms with Crippen LogP contribution in [-0.4, -0.2) is 47.7 Å². The molecule has 2 aromatic rings. The number of hydrogen-bond acceptors (Lipinski definition) is 4. The van der Waals surface area contributed by atoms with E-state index in [-0.39, 0.29) is 6.61 Å². The molecule has 2 heterocycles. The Hall–Kier alpha value is -1.91. The molecule has 3 rings (SSSR count). The molecular weight excluding hydrogens is 274 g/mol. The molecule has 1 aromatic carbocycles. The van der Waals surface area contributed by atoms with Gasteiger partial charge in [0.25, 0.3) is 0 Å². The zero-order valence-electron chi connectivity index (χ0n) is 13.0. The molecule has 0 aliphatic carbocycles. The third-order valence-electron chi connectivity index (χ3n) is 4.31. The van der Waals surface area contributed by atoms with Crippen LogP contribution >= 0.6 is 0 Å². The molecule has 1 atom stereocenters. The van der Waals surface area contributed by atoms with E-state index in [1.54, 1.807) is 0 Å². The van der Waals surface area contributed by atoms with E-state index in [0.717, 1.165) is 37.4 Å². The van der Waals surface area contributed by atoms with Crippen LogP contribution in [0.15, 0.2) is 48.7 Å². The quantitative estimate of drug-likeness (QED) is 0.936. The first-order chi connectivity index (χ1) is 10.8. The highest BCUT2D eigenvalue weighted by Gasteiger charge is 2.27. The number of aliphatic hydroxyl groups is 1. The highest BCUT2D eigenvalue weighted by Crippen LogP contribution is 2.24. The maximum absolute atomic E-state index is 9.60. The molecule has 1 fully saturated rings. The van der Waals surface area contributed by atoms with Crippen molar-refractivity contribution < 1.29 is 5.11 Å². The number of rotatable bonds is 4. The van der Waals surface area contributed by atoms with Crippen molar-refractivity contribution in [3.8, 4) is 0 Å². The highest BCUT2D eigenvalue weighted by atomic mass is 16.3. The highest BCUT2D eigenvalue weighted by molar-refractivity contribution is 5.48. The largest absolute Gasteiger partial charge is 0.392 e. The summed E-state index contributed by atoms with van der Waals surface area (Å²) in [5, 5.41) is 9.60. The van der Waals surface area contributed by atoms with E-state index in [1.165, 1.54) is 5.56 Å². The lowest BCUT2D eigenvalue weighted by molar-refractivity contribution is 0.260. The van der Waals surface area contributed by atoms with Crippen molar-refractivity contribution >= 4 is 5.82 Å². The fourth-order valence-electron chi connectivity index (χ4n) is 3.16. The van der Waals surface area contributed by atoms with Gasteiger partial charge >= 0.3 is 0 Å². The Labute approximate surface area is 132 Å². The Bertz CT molecular complexity index is 602. The van der Waals surface area contributed by atoms with Crippen LogP contribution in [0.5, 0.6) is 0 Å². The van der Waals surface area contributed by atoms with Crippen LogP contribution in [0.3, 0.4) is 0 Å². The van der Waals surface area contributed by atoms with Crippen LogP contribution < -0.4 is 4.90 Å². The Morgan fingerprint density at radius 2 is 1.95 bits per heavy atom. The molecule has 1 unspecified atom stereocenters. The lowest BCUT2D eigenvalue weighted by Gasteiger charge is -2.41. The van der Waals surface area contributed by atoms with E-state index in [4.69, 9.17) is 0 Å². The SMILES string of the molecule is CN1CCN(c2ncccc2CO)C(Cc2ccccc2)C1. The van der Waals surface area contributed by atoms with Gasteiger partial charge in [0.2, 0.25) is 0 Å². The number of hydrogen-bond donors (Lipinski definition) is 1. The first kappa shape index (κ1) is 15.0. The van der Waals surface area contributed by atoms with E-state index < -0.39 is 0 Å². The van der Waals surface area contributed by atoms with Gasteiger partial charge in [0, 0.05) is 37.4 Å². The molecule has 0 bridgehead atoms. The molecule has 1 aliphatic rings. The summed E-state index contributed by atoms with van der Waals surface area (Å²) in [7, 11) is 2.17. The summed E-state index contributed by atoms with van der Waals surface area (Å²) < 4.78 is 0. The van der Waals surface area contributed by atoms with E-state index in [1.807, 2.05) is 18.3 Å². The minimum absolute atomic E-state index is 0.0353. The third-order valence-corrected chi connectivity index (χ3v) is 4.31. The monoisotopic (exact) mass is 297 g/mol. The minimum Gasteiger partial charge on any atom is -0.392 e. The van der Waals surface area contributed by atoms with Crippen molar-refractivity contribution in [1.29, 1.82) is 0 Å². The molecule has 0 amide bonds. The molecule has 1 aliphatic heterocycles. The second kappa shape index (κ2) is 6.90.